The van der Waals surface area contributed by atoms with Crippen molar-refractivity contribution in [1.29, 1.82) is 0 Å². The van der Waals surface area contributed by atoms with Gasteiger partial charge in [0, 0.05) is 12.6 Å². The molecule has 1 N–H and O–H groups in total. The molecular weight excluding hydrogens is 529 g/mol. The summed E-state index contributed by atoms with van der Waals surface area (Å²) in [5.74, 6) is -1.38. The molecule has 3 aromatic carbocycles. The third-order valence-corrected chi connectivity index (χ3v) is 8.61. The summed E-state index contributed by atoms with van der Waals surface area (Å²) in [6.07, 6.45) is 1.06. The van der Waals surface area contributed by atoms with Gasteiger partial charge in [-0.1, -0.05) is 61.4 Å². The van der Waals surface area contributed by atoms with Crippen molar-refractivity contribution in [3.05, 3.63) is 95.3 Å². The van der Waals surface area contributed by atoms with Crippen molar-refractivity contribution in [3.8, 4) is 0 Å². The molecule has 3 aromatic rings. The van der Waals surface area contributed by atoms with Crippen LogP contribution in [0.1, 0.15) is 50.3 Å². The van der Waals surface area contributed by atoms with E-state index in [-0.39, 0.29) is 29.1 Å². The van der Waals surface area contributed by atoms with Crippen molar-refractivity contribution in [2.45, 2.75) is 71.0 Å². The van der Waals surface area contributed by atoms with Crippen LogP contribution < -0.4 is 9.62 Å². The molecule has 40 heavy (non-hydrogen) atoms. The molecule has 0 spiro atoms. The van der Waals surface area contributed by atoms with Gasteiger partial charge >= 0.3 is 0 Å². The highest BCUT2D eigenvalue weighted by Gasteiger charge is 2.34. The molecule has 0 aliphatic heterocycles. The van der Waals surface area contributed by atoms with Crippen LogP contribution >= 0.6 is 0 Å². The smallest absolute Gasteiger partial charge is 0.264 e. The van der Waals surface area contributed by atoms with Gasteiger partial charge in [-0.15, -0.1) is 0 Å². The highest BCUT2D eigenvalue weighted by Crippen LogP contribution is 2.25. The molecule has 214 valence electrons. The molecule has 9 heteroatoms. The lowest BCUT2D eigenvalue weighted by molar-refractivity contribution is -0.140. The standard InChI is InChI=1S/C31H38FN3O4S/c1-6-24(5)33-31(37)29(7-2)34(20-25-10-8-9-23(4)19-25)30(36)21-35(27-15-13-26(32)14-16-27)40(38,39)28-17-11-22(3)12-18-28/h8-19,24,29H,6-7,20-21H2,1-5H3,(H,33,37)/t24-,29-/m1/s1. The maximum atomic E-state index is 14.0. The first-order valence-electron chi connectivity index (χ1n) is 13.5. The van der Waals surface area contributed by atoms with Gasteiger partial charge in [-0.05, 0) is 75.6 Å². The van der Waals surface area contributed by atoms with E-state index in [4.69, 9.17) is 0 Å². The first kappa shape index (κ1) is 30.8. The monoisotopic (exact) mass is 567 g/mol. The molecule has 0 bridgehead atoms. The molecule has 0 aliphatic rings. The van der Waals surface area contributed by atoms with Crippen LogP contribution in [0.25, 0.3) is 0 Å². The fraction of sp³-hybridized carbons (Fsp3) is 0.355. The molecule has 0 aromatic heterocycles. The third-order valence-electron chi connectivity index (χ3n) is 6.82. The predicted octanol–water partition coefficient (Wildman–Crippen LogP) is 5.36. The minimum absolute atomic E-state index is 0.00187. The topological polar surface area (TPSA) is 86.8 Å². The summed E-state index contributed by atoms with van der Waals surface area (Å²) in [6.45, 7) is 9.00. The maximum Gasteiger partial charge on any atom is 0.264 e. The van der Waals surface area contributed by atoms with E-state index in [2.05, 4.69) is 5.32 Å². The highest BCUT2D eigenvalue weighted by atomic mass is 32.2. The lowest BCUT2D eigenvalue weighted by Gasteiger charge is -2.33. The van der Waals surface area contributed by atoms with Crippen LogP contribution in [0, 0.1) is 19.7 Å². The van der Waals surface area contributed by atoms with E-state index in [9.17, 15) is 22.4 Å². The second-order valence-corrected chi connectivity index (χ2v) is 11.9. The second kappa shape index (κ2) is 13.6. The summed E-state index contributed by atoms with van der Waals surface area (Å²) >= 11 is 0. The first-order valence-corrected chi connectivity index (χ1v) is 14.9. The van der Waals surface area contributed by atoms with Crippen LogP contribution in [0.15, 0.2) is 77.7 Å². The summed E-state index contributed by atoms with van der Waals surface area (Å²) in [4.78, 5) is 28.8. The van der Waals surface area contributed by atoms with Crippen molar-refractivity contribution in [2.75, 3.05) is 10.8 Å². The van der Waals surface area contributed by atoms with Crippen LogP contribution in [-0.4, -0.2) is 43.8 Å². The lowest BCUT2D eigenvalue weighted by atomic mass is 10.1. The normalized spacial score (nSPS) is 12.8. The second-order valence-electron chi connectivity index (χ2n) is 10.1. The number of sulfonamides is 1. The average Bonchev–Trinajstić information content (AvgIpc) is 2.92. The molecule has 0 saturated heterocycles. The van der Waals surface area contributed by atoms with Gasteiger partial charge in [0.1, 0.15) is 18.4 Å². The third kappa shape index (κ3) is 7.69. The fourth-order valence-corrected chi connectivity index (χ4v) is 5.76. The number of carbonyl (C=O) groups is 2. The Kier molecular flexibility index (Phi) is 10.5. The fourth-order valence-electron chi connectivity index (χ4n) is 4.34. The molecular formula is C31H38FN3O4S. The highest BCUT2D eigenvalue weighted by molar-refractivity contribution is 7.92. The largest absolute Gasteiger partial charge is 0.352 e. The predicted molar refractivity (Wildman–Crippen MR) is 156 cm³/mol. The van der Waals surface area contributed by atoms with Crippen LogP contribution in [-0.2, 0) is 26.2 Å². The summed E-state index contributed by atoms with van der Waals surface area (Å²) in [5.41, 5.74) is 2.84. The van der Waals surface area contributed by atoms with Gasteiger partial charge in [0.25, 0.3) is 10.0 Å². The molecule has 3 rings (SSSR count). The van der Waals surface area contributed by atoms with Crippen molar-refractivity contribution in [2.24, 2.45) is 0 Å². The van der Waals surface area contributed by atoms with Crippen LogP contribution in [0.2, 0.25) is 0 Å². The number of anilines is 1. The lowest BCUT2D eigenvalue weighted by Crippen LogP contribution is -2.53. The molecule has 2 atom stereocenters. The van der Waals surface area contributed by atoms with Crippen LogP contribution in [0.3, 0.4) is 0 Å². The number of rotatable bonds is 12. The zero-order chi connectivity index (χ0) is 29.4. The Morgan fingerprint density at radius 2 is 1.55 bits per heavy atom. The SMILES string of the molecule is CC[C@@H](C)NC(=O)[C@@H](CC)N(Cc1cccc(C)c1)C(=O)CN(c1ccc(F)cc1)S(=O)(=O)c1ccc(C)cc1. The van der Waals surface area contributed by atoms with E-state index in [1.54, 1.807) is 12.1 Å². The number of aryl methyl sites for hydroxylation is 2. The maximum absolute atomic E-state index is 14.0. The molecule has 7 nitrogen and oxygen atoms in total. The number of carbonyl (C=O) groups excluding carboxylic acids is 2. The molecule has 0 saturated carbocycles. The molecule has 0 radical (unpaired) electrons. The number of nitrogens with zero attached hydrogens (tertiary/aromatic N) is 2. The summed E-state index contributed by atoms with van der Waals surface area (Å²) in [5, 5.41) is 2.96. The van der Waals surface area contributed by atoms with Crippen LogP contribution in [0.4, 0.5) is 10.1 Å². The molecule has 0 unspecified atom stereocenters. The van der Waals surface area contributed by atoms with Gasteiger partial charge in [-0.3, -0.25) is 13.9 Å². The molecule has 0 aliphatic carbocycles. The Labute approximate surface area is 237 Å². The Morgan fingerprint density at radius 3 is 2.12 bits per heavy atom. The Balaban J connectivity index is 2.05. The summed E-state index contributed by atoms with van der Waals surface area (Å²) in [7, 11) is -4.20. The van der Waals surface area contributed by atoms with Crippen molar-refractivity contribution >= 4 is 27.5 Å². The zero-order valence-electron chi connectivity index (χ0n) is 23.7. The average molecular weight is 568 g/mol. The number of amides is 2. The number of nitrogens with one attached hydrogen (secondary N) is 1. The van der Waals surface area contributed by atoms with E-state index in [1.807, 2.05) is 58.9 Å². The summed E-state index contributed by atoms with van der Waals surface area (Å²) in [6, 6.07) is 18.0. The van der Waals surface area contributed by atoms with E-state index in [0.29, 0.717) is 6.42 Å². The van der Waals surface area contributed by atoms with Gasteiger partial charge in [0.05, 0.1) is 10.6 Å². The minimum Gasteiger partial charge on any atom is -0.352 e. The Hall–Kier alpha value is -3.72. The van der Waals surface area contributed by atoms with E-state index >= 15 is 0 Å². The van der Waals surface area contributed by atoms with E-state index in [1.165, 1.54) is 29.2 Å². The van der Waals surface area contributed by atoms with Crippen LogP contribution in [0.5, 0.6) is 0 Å². The number of halogens is 1. The number of benzene rings is 3. The molecule has 2 amide bonds. The van der Waals surface area contributed by atoms with Gasteiger partial charge in [0.15, 0.2) is 0 Å². The molecule has 0 heterocycles. The van der Waals surface area contributed by atoms with Crippen molar-refractivity contribution in [3.63, 3.8) is 0 Å². The Bertz CT molecular complexity index is 1410. The van der Waals surface area contributed by atoms with Gasteiger partial charge in [-0.25, -0.2) is 12.8 Å². The zero-order valence-corrected chi connectivity index (χ0v) is 24.5. The minimum atomic E-state index is -4.20. The van der Waals surface area contributed by atoms with Gasteiger partial charge in [-0.2, -0.15) is 0 Å². The van der Waals surface area contributed by atoms with Gasteiger partial charge < -0.3 is 10.2 Å². The van der Waals surface area contributed by atoms with Gasteiger partial charge in [0.2, 0.25) is 11.8 Å². The quantitative estimate of drug-likeness (QED) is 0.319. The number of hydrogen-bond donors (Lipinski definition) is 1. The molecule has 0 fully saturated rings. The van der Waals surface area contributed by atoms with E-state index in [0.717, 1.165) is 39.5 Å². The Morgan fingerprint density at radius 1 is 0.900 bits per heavy atom. The van der Waals surface area contributed by atoms with Crippen molar-refractivity contribution in [1.82, 2.24) is 10.2 Å². The number of hydrogen-bond acceptors (Lipinski definition) is 4. The van der Waals surface area contributed by atoms with Crippen molar-refractivity contribution < 1.29 is 22.4 Å². The summed E-state index contributed by atoms with van der Waals surface area (Å²) < 4.78 is 42.4. The van der Waals surface area contributed by atoms with E-state index < -0.39 is 34.3 Å². The first-order chi connectivity index (χ1) is 19.0.